The molecule has 9 heteroatoms. The van der Waals surface area contributed by atoms with Gasteiger partial charge in [-0.1, -0.05) is 42.5 Å². The third-order valence-corrected chi connectivity index (χ3v) is 5.63. The zero-order valence-electron chi connectivity index (χ0n) is 17.9. The van der Waals surface area contributed by atoms with E-state index in [-0.39, 0.29) is 17.0 Å². The van der Waals surface area contributed by atoms with E-state index in [1.165, 1.54) is 19.1 Å². The van der Waals surface area contributed by atoms with Crippen molar-refractivity contribution < 1.29 is 27.5 Å². The van der Waals surface area contributed by atoms with Crippen LogP contribution in [0.25, 0.3) is 0 Å². The molecule has 0 aromatic heterocycles. The number of primary sulfonamides is 1. The van der Waals surface area contributed by atoms with Crippen molar-refractivity contribution in [2.24, 2.45) is 5.14 Å². The third-order valence-electron chi connectivity index (χ3n) is 4.70. The lowest BCUT2D eigenvalue weighted by Gasteiger charge is -2.15. The smallest absolute Gasteiger partial charge is 0.342 e. The highest BCUT2D eigenvalue weighted by Gasteiger charge is 2.21. The molecule has 0 saturated carbocycles. The van der Waals surface area contributed by atoms with Gasteiger partial charge in [0.15, 0.2) is 6.10 Å². The average molecular weight is 469 g/mol. The molecule has 1 atom stereocenters. The standard InChI is InChI=1S/C24H24N2O6S/c1-17(23(27)26-16-15-18-11-13-20(14-12-18)33(25,29)30)31-24(28)21-9-5-6-10-22(21)32-19-7-3-2-4-8-19/h2-14,17H,15-16H2,1H3,(H,26,27)(H2,25,29,30). The fraction of sp³-hybridized carbons (Fsp3) is 0.167. The first-order chi connectivity index (χ1) is 15.7. The predicted molar refractivity (Wildman–Crippen MR) is 122 cm³/mol. The summed E-state index contributed by atoms with van der Waals surface area (Å²) in [6.07, 6.45) is -0.558. The Morgan fingerprint density at radius 1 is 0.939 bits per heavy atom. The molecule has 3 aromatic rings. The second-order valence-corrected chi connectivity index (χ2v) is 8.75. The number of nitrogens with two attached hydrogens (primary N) is 1. The van der Waals surface area contributed by atoms with E-state index in [1.807, 2.05) is 18.2 Å². The Kier molecular flexibility index (Phi) is 7.81. The van der Waals surface area contributed by atoms with Gasteiger partial charge in [0.25, 0.3) is 5.91 Å². The molecular weight excluding hydrogens is 444 g/mol. The lowest BCUT2D eigenvalue weighted by atomic mass is 10.1. The minimum Gasteiger partial charge on any atom is -0.456 e. The summed E-state index contributed by atoms with van der Waals surface area (Å²) in [6.45, 7) is 1.76. The van der Waals surface area contributed by atoms with Crippen LogP contribution < -0.4 is 15.2 Å². The number of hydrogen-bond acceptors (Lipinski definition) is 6. The SMILES string of the molecule is CC(OC(=O)c1ccccc1Oc1ccccc1)C(=O)NCCc1ccc(S(N)(=O)=O)cc1. The van der Waals surface area contributed by atoms with E-state index in [9.17, 15) is 18.0 Å². The minimum absolute atomic E-state index is 0.0207. The van der Waals surface area contributed by atoms with Gasteiger partial charge in [0, 0.05) is 6.54 Å². The van der Waals surface area contributed by atoms with Crippen LogP contribution in [0.1, 0.15) is 22.8 Å². The zero-order chi connectivity index (χ0) is 23.8. The summed E-state index contributed by atoms with van der Waals surface area (Å²) in [6, 6.07) is 21.7. The highest BCUT2D eigenvalue weighted by molar-refractivity contribution is 7.89. The molecule has 0 heterocycles. The summed E-state index contributed by atoms with van der Waals surface area (Å²) >= 11 is 0. The van der Waals surface area contributed by atoms with Crippen molar-refractivity contribution in [2.45, 2.75) is 24.3 Å². The van der Waals surface area contributed by atoms with Crippen LogP contribution in [0.5, 0.6) is 11.5 Å². The number of benzene rings is 3. The largest absolute Gasteiger partial charge is 0.456 e. The van der Waals surface area contributed by atoms with Crippen LogP contribution in [-0.4, -0.2) is 32.9 Å². The fourth-order valence-corrected chi connectivity index (χ4v) is 3.45. The van der Waals surface area contributed by atoms with Crippen LogP contribution in [0.15, 0.2) is 83.8 Å². The number of esters is 1. The van der Waals surface area contributed by atoms with Gasteiger partial charge in [-0.25, -0.2) is 18.4 Å². The summed E-state index contributed by atoms with van der Waals surface area (Å²) in [5.74, 6) is -0.237. The number of hydrogen-bond donors (Lipinski definition) is 2. The van der Waals surface area contributed by atoms with E-state index in [2.05, 4.69) is 5.32 Å². The Hall–Kier alpha value is -3.69. The maximum absolute atomic E-state index is 12.6. The van der Waals surface area contributed by atoms with Crippen molar-refractivity contribution in [3.63, 3.8) is 0 Å². The number of sulfonamides is 1. The summed E-state index contributed by atoms with van der Waals surface area (Å²) in [5.41, 5.74) is 1.02. The van der Waals surface area contributed by atoms with Gasteiger partial charge in [0.2, 0.25) is 10.0 Å². The Balaban J connectivity index is 1.53. The molecule has 33 heavy (non-hydrogen) atoms. The van der Waals surface area contributed by atoms with Crippen molar-refractivity contribution in [1.29, 1.82) is 0 Å². The molecule has 0 aliphatic heterocycles. The highest BCUT2D eigenvalue weighted by atomic mass is 32.2. The second kappa shape index (κ2) is 10.8. The van der Waals surface area contributed by atoms with E-state index in [1.54, 1.807) is 48.5 Å². The van der Waals surface area contributed by atoms with Crippen molar-refractivity contribution >= 4 is 21.9 Å². The van der Waals surface area contributed by atoms with Crippen LogP contribution in [0.4, 0.5) is 0 Å². The van der Waals surface area contributed by atoms with Crippen LogP contribution in [0, 0.1) is 0 Å². The number of rotatable bonds is 9. The van der Waals surface area contributed by atoms with Crippen LogP contribution in [0.2, 0.25) is 0 Å². The Labute approximate surface area is 192 Å². The molecule has 0 fully saturated rings. The molecule has 1 unspecified atom stereocenters. The summed E-state index contributed by atoms with van der Waals surface area (Å²) in [7, 11) is -3.75. The normalized spacial score (nSPS) is 11.9. The Morgan fingerprint density at radius 2 is 1.58 bits per heavy atom. The van der Waals surface area contributed by atoms with Gasteiger partial charge >= 0.3 is 5.97 Å². The van der Waals surface area contributed by atoms with Gasteiger partial charge in [0.1, 0.15) is 17.1 Å². The zero-order valence-corrected chi connectivity index (χ0v) is 18.7. The molecular formula is C24H24N2O6S. The highest BCUT2D eigenvalue weighted by Crippen LogP contribution is 2.25. The van der Waals surface area contributed by atoms with Gasteiger partial charge in [-0.2, -0.15) is 0 Å². The molecule has 172 valence electrons. The monoisotopic (exact) mass is 468 g/mol. The van der Waals surface area contributed by atoms with Crippen molar-refractivity contribution in [3.05, 3.63) is 90.0 Å². The summed E-state index contributed by atoms with van der Waals surface area (Å²) < 4.78 is 33.7. The molecule has 0 spiro atoms. The fourth-order valence-electron chi connectivity index (χ4n) is 2.94. The average Bonchev–Trinajstić information content (AvgIpc) is 2.79. The first kappa shape index (κ1) is 24.0. The lowest BCUT2D eigenvalue weighted by Crippen LogP contribution is -2.37. The molecule has 0 aliphatic carbocycles. The van der Waals surface area contributed by atoms with E-state index in [4.69, 9.17) is 14.6 Å². The molecule has 3 rings (SSSR count). The number of carbonyl (C=O) groups excluding carboxylic acids is 2. The molecule has 3 N–H and O–H groups in total. The molecule has 0 bridgehead atoms. The molecule has 0 saturated heterocycles. The maximum Gasteiger partial charge on any atom is 0.342 e. The van der Waals surface area contributed by atoms with Crippen LogP contribution in [0.3, 0.4) is 0 Å². The lowest BCUT2D eigenvalue weighted by molar-refractivity contribution is -0.129. The molecule has 3 aromatic carbocycles. The van der Waals surface area contributed by atoms with E-state index in [0.717, 1.165) is 5.56 Å². The third kappa shape index (κ3) is 6.90. The van der Waals surface area contributed by atoms with Crippen LogP contribution >= 0.6 is 0 Å². The van der Waals surface area contributed by atoms with Crippen LogP contribution in [-0.2, 0) is 26.0 Å². The van der Waals surface area contributed by atoms with Crippen molar-refractivity contribution in [3.8, 4) is 11.5 Å². The number of nitrogens with one attached hydrogen (secondary N) is 1. The molecule has 0 radical (unpaired) electrons. The summed E-state index contributed by atoms with van der Waals surface area (Å²) in [5, 5.41) is 7.77. The number of ether oxygens (including phenoxy) is 2. The molecule has 8 nitrogen and oxygen atoms in total. The van der Waals surface area contributed by atoms with Gasteiger partial charge in [0.05, 0.1) is 4.90 Å². The van der Waals surface area contributed by atoms with Gasteiger partial charge in [-0.05, 0) is 55.3 Å². The number of para-hydroxylation sites is 2. The van der Waals surface area contributed by atoms with E-state index < -0.39 is 28.0 Å². The topological polar surface area (TPSA) is 125 Å². The quantitative estimate of drug-likeness (QED) is 0.465. The summed E-state index contributed by atoms with van der Waals surface area (Å²) in [4.78, 5) is 25.0. The maximum atomic E-state index is 12.6. The van der Waals surface area contributed by atoms with Crippen molar-refractivity contribution in [1.82, 2.24) is 5.32 Å². The minimum atomic E-state index is -3.75. The van der Waals surface area contributed by atoms with Gasteiger partial charge in [-0.3, -0.25) is 4.79 Å². The second-order valence-electron chi connectivity index (χ2n) is 7.19. The first-order valence-electron chi connectivity index (χ1n) is 10.2. The molecule has 0 aliphatic rings. The Bertz CT molecular complexity index is 1210. The van der Waals surface area contributed by atoms with Crippen molar-refractivity contribution in [2.75, 3.05) is 6.54 Å². The predicted octanol–water partition coefficient (Wildman–Crippen LogP) is 3.03. The van der Waals surface area contributed by atoms with Gasteiger partial charge in [-0.15, -0.1) is 0 Å². The van der Waals surface area contributed by atoms with Gasteiger partial charge < -0.3 is 14.8 Å². The Morgan fingerprint density at radius 3 is 2.24 bits per heavy atom. The molecule has 1 amide bonds. The van der Waals surface area contributed by atoms with E-state index in [0.29, 0.717) is 17.9 Å². The van der Waals surface area contributed by atoms with E-state index >= 15 is 0 Å². The first-order valence-corrected chi connectivity index (χ1v) is 11.7. The number of carbonyl (C=O) groups is 2. The number of amides is 1.